The zero-order valence-corrected chi connectivity index (χ0v) is 15.4. The van der Waals surface area contributed by atoms with Gasteiger partial charge in [0.2, 0.25) is 0 Å². The molecule has 28 heavy (non-hydrogen) atoms. The van der Waals surface area contributed by atoms with Gasteiger partial charge in [-0.1, -0.05) is 12.1 Å². The van der Waals surface area contributed by atoms with E-state index in [9.17, 15) is 18.3 Å². The van der Waals surface area contributed by atoms with E-state index in [4.69, 9.17) is 9.47 Å². The number of likely N-dealkylation sites (tertiary alicyclic amines) is 1. The van der Waals surface area contributed by atoms with Crippen molar-refractivity contribution >= 4 is 0 Å². The van der Waals surface area contributed by atoms with Gasteiger partial charge in [-0.05, 0) is 37.1 Å². The lowest BCUT2D eigenvalue weighted by Crippen LogP contribution is -2.37. The molecule has 1 aliphatic rings. The van der Waals surface area contributed by atoms with Gasteiger partial charge in [-0.25, -0.2) is 0 Å². The van der Waals surface area contributed by atoms with Gasteiger partial charge in [0.1, 0.15) is 29.1 Å². The number of phenolic OH excluding ortho intramolecular Hbond substituents is 1. The Morgan fingerprint density at radius 2 is 1.75 bits per heavy atom. The zero-order chi connectivity index (χ0) is 20.1. The third-order valence-corrected chi connectivity index (χ3v) is 4.59. The summed E-state index contributed by atoms with van der Waals surface area (Å²) in [7, 11) is 1.56. The summed E-state index contributed by atoms with van der Waals surface area (Å²) in [6.45, 7) is 2.03. The van der Waals surface area contributed by atoms with E-state index in [1.807, 2.05) is 0 Å². The van der Waals surface area contributed by atoms with E-state index in [1.165, 1.54) is 18.2 Å². The van der Waals surface area contributed by atoms with Crippen LogP contribution in [0.1, 0.15) is 18.4 Å². The SMILES string of the molecule is COc1cccc(O)c1CN1CCC(Oc2cccc(OC(F)(F)F)c2)CC1. The smallest absolute Gasteiger partial charge is 0.507 e. The van der Waals surface area contributed by atoms with Gasteiger partial charge < -0.3 is 19.3 Å². The summed E-state index contributed by atoms with van der Waals surface area (Å²) in [6, 6.07) is 10.7. The molecule has 0 spiro atoms. The molecule has 0 saturated carbocycles. The van der Waals surface area contributed by atoms with Crippen LogP contribution in [-0.4, -0.2) is 42.7 Å². The highest BCUT2D eigenvalue weighted by Crippen LogP contribution is 2.31. The number of rotatable bonds is 6. The Hall–Kier alpha value is -2.61. The molecule has 5 nitrogen and oxygen atoms in total. The van der Waals surface area contributed by atoms with Crippen LogP contribution in [0.25, 0.3) is 0 Å². The molecule has 0 amide bonds. The molecular formula is C20H22F3NO4. The van der Waals surface area contributed by atoms with Gasteiger partial charge in [-0.2, -0.15) is 0 Å². The van der Waals surface area contributed by atoms with E-state index in [1.54, 1.807) is 31.4 Å². The quantitative estimate of drug-likeness (QED) is 0.786. The Morgan fingerprint density at radius 3 is 2.43 bits per heavy atom. The molecule has 0 unspecified atom stereocenters. The van der Waals surface area contributed by atoms with Crippen LogP contribution < -0.4 is 14.2 Å². The lowest BCUT2D eigenvalue weighted by Gasteiger charge is -2.32. The van der Waals surface area contributed by atoms with Crippen LogP contribution in [0, 0.1) is 0 Å². The molecular weight excluding hydrogens is 375 g/mol. The number of aromatic hydroxyl groups is 1. The van der Waals surface area contributed by atoms with Crippen molar-refractivity contribution in [3.63, 3.8) is 0 Å². The van der Waals surface area contributed by atoms with Crippen LogP contribution in [-0.2, 0) is 6.54 Å². The zero-order valence-electron chi connectivity index (χ0n) is 15.4. The van der Waals surface area contributed by atoms with Crippen LogP contribution in [0.3, 0.4) is 0 Å². The Bertz CT molecular complexity index is 789. The molecule has 152 valence electrons. The van der Waals surface area contributed by atoms with Crippen LogP contribution in [0.5, 0.6) is 23.0 Å². The van der Waals surface area contributed by atoms with Gasteiger partial charge in [-0.15, -0.1) is 13.2 Å². The first kappa shape index (κ1) is 20.1. The fourth-order valence-electron chi connectivity index (χ4n) is 3.25. The topological polar surface area (TPSA) is 51.2 Å². The number of nitrogens with zero attached hydrogens (tertiary/aromatic N) is 1. The number of phenols is 1. The molecule has 1 aliphatic heterocycles. The Kier molecular flexibility index (Phi) is 6.18. The molecule has 1 fully saturated rings. The average molecular weight is 397 g/mol. The van der Waals surface area contributed by atoms with Crippen molar-refractivity contribution in [1.29, 1.82) is 0 Å². The molecule has 2 aromatic rings. The van der Waals surface area contributed by atoms with E-state index < -0.39 is 6.36 Å². The highest BCUT2D eigenvalue weighted by Gasteiger charge is 2.31. The van der Waals surface area contributed by atoms with Crippen molar-refractivity contribution in [2.75, 3.05) is 20.2 Å². The van der Waals surface area contributed by atoms with Crippen molar-refractivity contribution in [1.82, 2.24) is 4.90 Å². The highest BCUT2D eigenvalue weighted by atomic mass is 19.4. The molecule has 0 aliphatic carbocycles. The molecule has 0 bridgehead atoms. The van der Waals surface area contributed by atoms with Crippen LogP contribution in [0.2, 0.25) is 0 Å². The summed E-state index contributed by atoms with van der Waals surface area (Å²) in [5.41, 5.74) is 0.737. The molecule has 2 aromatic carbocycles. The van der Waals surface area contributed by atoms with E-state index in [-0.39, 0.29) is 17.6 Å². The molecule has 0 radical (unpaired) electrons. The van der Waals surface area contributed by atoms with Crippen molar-refractivity contribution in [3.8, 4) is 23.0 Å². The molecule has 0 aromatic heterocycles. The van der Waals surface area contributed by atoms with Gasteiger partial charge in [-0.3, -0.25) is 4.90 Å². The fraction of sp³-hybridized carbons (Fsp3) is 0.400. The normalized spacial score (nSPS) is 16.0. The summed E-state index contributed by atoms with van der Waals surface area (Å²) >= 11 is 0. The fourth-order valence-corrected chi connectivity index (χ4v) is 3.25. The third-order valence-electron chi connectivity index (χ3n) is 4.59. The van der Waals surface area contributed by atoms with Gasteiger partial charge in [0.15, 0.2) is 0 Å². The van der Waals surface area contributed by atoms with Crippen LogP contribution in [0.15, 0.2) is 42.5 Å². The Morgan fingerprint density at radius 1 is 1.07 bits per heavy atom. The second kappa shape index (κ2) is 8.60. The predicted molar refractivity (Wildman–Crippen MR) is 96.7 cm³/mol. The highest BCUT2D eigenvalue weighted by molar-refractivity contribution is 5.43. The Balaban J connectivity index is 1.54. The minimum Gasteiger partial charge on any atom is -0.507 e. The van der Waals surface area contributed by atoms with E-state index in [0.29, 0.717) is 18.0 Å². The number of ether oxygens (including phenoxy) is 3. The summed E-state index contributed by atoms with van der Waals surface area (Å²) in [5.74, 6) is 0.885. The molecule has 8 heteroatoms. The van der Waals surface area contributed by atoms with Gasteiger partial charge in [0.25, 0.3) is 0 Å². The number of hydrogen-bond acceptors (Lipinski definition) is 5. The number of hydrogen-bond donors (Lipinski definition) is 1. The van der Waals surface area contributed by atoms with Gasteiger partial charge >= 0.3 is 6.36 Å². The number of alkyl halides is 3. The Labute approximate surface area is 161 Å². The third kappa shape index (κ3) is 5.45. The summed E-state index contributed by atoms with van der Waals surface area (Å²) in [4.78, 5) is 2.18. The number of benzene rings is 2. The second-order valence-corrected chi connectivity index (χ2v) is 6.57. The van der Waals surface area contributed by atoms with Crippen LogP contribution in [0.4, 0.5) is 13.2 Å². The number of methoxy groups -OCH3 is 1. The van der Waals surface area contributed by atoms with Gasteiger partial charge in [0, 0.05) is 31.3 Å². The second-order valence-electron chi connectivity index (χ2n) is 6.57. The molecule has 1 N–H and O–H groups in total. The molecule has 1 heterocycles. The summed E-state index contributed by atoms with van der Waals surface area (Å²) in [6.07, 6.45) is -3.38. The predicted octanol–water partition coefficient (Wildman–Crippen LogP) is 4.34. The minimum atomic E-state index is -4.73. The lowest BCUT2D eigenvalue weighted by atomic mass is 10.1. The van der Waals surface area contributed by atoms with E-state index in [0.717, 1.165) is 31.5 Å². The first-order valence-corrected chi connectivity index (χ1v) is 8.94. The average Bonchev–Trinajstić information content (AvgIpc) is 2.64. The van der Waals surface area contributed by atoms with E-state index in [2.05, 4.69) is 9.64 Å². The first-order valence-electron chi connectivity index (χ1n) is 8.94. The minimum absolute atomic E-state index is 0.0938. The maximum absolute atomic E-state index is 12.3. The van der Waals surface area contributed by atoms with Crippen molar-refractivity contribution < 1.29 is 32.5 Å². The lowest BCUT2D eigenvalue weighted by molar-refractivity contribution is -0.274. The standard InChI is InChI=1S/C20H22F3NO4/c1-26-19-7-3-6-18(25)17(19)13-24-10-8-14(9-11-24)27-15-4-2-5-16(12-15)28-20(21,22)23/h2-7,12,14,25H,8-11,13H2,1H3. The monoisotopic (exact) mass is 397 g/mol. The molecule has 3 rings (SSSR count). The van der Waals surface area contributed by atoms with Crippen molar-refractivity contribution in [2.45, 2.75) is 31.9 Å². The number of piperidine rings is 1. The maximum Gasteiger partial charge on any atom is 0.573 e. The summed E-state index contributed by atoms with van der Waals surface area (Å²) < 4.78 is 52.1. The molecule has 1 saturated heterocycles. The number of halogens is 3. The maximum atomic E-state index is 12.3. The van der Waals surface area contributed by atoms with E-state index >= 15 is 0 Å². The molecule has 0 atom stereocenters. The van der Waals surface area contributed by atoms with Crippen molar-refractivity contribution in [3.05, 3.63) is 48.0 Å². The van der Waals surface area contributed by atoms with Gasteiger partial charge in [0.05, 0.1) is 7.11 Å². The van der Waals surface area contributed by atoms with Crippen LogP contribution >= 0.6 is 0 Å². The first-order chi connectivity index (χ1) is 13.3. The largest absolute Gasteiger partial charge is 0.573 e. The van der Waals surface area contributed by atoms with Crippen molar-refractivity contribution in [2.24, 2.45) is 0 Å². The summed E-state index contributed by atoms with van der Waals surface area (Å²) in [5, 5.41) is 10.1.